The SMILES string of the molecule is CCCCN1C(=O)NC(c2cccc(NC(=O)Nc3ccc(C#N)cc3)c2)C(C(=O)OC(C)C)=C1C. The molecule has 0 saturated heterocycles. The number of amides is 4. The predicted molar refractivity (Wildman–Crippen MR) is 137 cm³/mol. The monoisotopic (exact) mass is 489 g/mol. The van der Waals surface area contributed by atoms with Crippen molar-refractivity contribution in [3.63, 3.8) is 0 Å². The van der Waals surface area contributed by atoms with Gasteiger partial charge < -0.3 is 20.7 Å². The van der Waals surface area contributed by atoms with Gasteiger partial charge in [0.15, 0.2) is 0 Å². The largest absolute Gasteiger partial charge is 0.459 e. The van der Waals surface area contributed by atoms with Gasteiger partial charge in [-0.15, -0.1) is 0 Å². The van der Waals surface area contributed by atoms with Crippen LogP contribution >= 0.6 is 0 Å². The third kappa shape index (κ3) is 6.42. The van der Waals surface area contributed by atoms with Gasteiger partial charge in [0.1, 0.15) is 0 Å². The van der Waals surface area contributed by atoms with Gasteiger partial charge in [0, 0.05) is 23.6 Å². The minimum atomic E-state index is -0.732. The van der Waals surface area contributed by atoms with E-state index in [1.54, 1.807) is 74.2 Å². The number of nitrogens with zero attached hydrogens (tertiary/aromatic N) is 2. The Bertz CT molecular complexity index is 1200. The van der Waals surface area contributed by atoms with E-state index < -0.39 is 18.0 Å². The lowest BCUT2D eigenvalue weighted by molar-refractivity contribution is -0.143. The quantitative estimate of drug-likeness (QED) is 0.435. The Balaban J connectivity index is 1.86. The Morgan fingerprint density at radius 1 is 1.14 bits per heavy atom. The maximum Gasteiger partial charge on any atom is 0.338 e. The van der Waals surface area contributed by atoms with Crippen molar-refractivity contribution < 1.29 is 19.1 Å². The van der Waals surface area contributed by atoms with Gasteiger partial charge in [0.2, 0.25) is 0 Å². The Hall–Kier alpha value is -4.32. The first-order valence-corrected chi connectivity index (χ1v) is 11.9. The van der Waals surface area contributed by atoms with Crippen LogP contribution in [0.15, 0.2) is 59.8 Å². The summed E-state index contributed by atoms with van der Waals surface area (Å²) in [5.74, 6) is -0.495. The van der Waals surface area contributed by atoms with Crippen molar-refractivity contribution >= 4 is 29.4 Å². The average Bonchev–Trinajstić information content (AvgIpc) is 2.83. The minimum absolute atomic E-state index is 0.288. The zero-order chi connectivity index (χ0) is 26.2. The Morgan fingerprint density at radius 3 is 2.47 bits per heavy atom. The van der Waals surface area contributed by atoms with Gasteiger partial charge in [0.25, 0.3) is 0 Å². The molecule has 0 fully saturated rings. The minimum Gasteiger partial charge on any atom is -0.459 e. The lowest BCUT2D eigenvalue weighted by Crippen LogP contribution is -2.48. The van der Waals surface area contributed by atoms with Crippen molar-refractivity contribution in [2.24, 2.45) is 0 Å². The highest BCUT2D eigenvalue weighted by atomic mass is 16.5. The molecule has 1 heterocycles. The standard InChI is InChI=1S/C27H31N5O4/c1-5-6-14-32-18(4)23(25(33)36-17(2)3)24(31-27(32)35)20-8-7-9-22(15-20)30-26(34)29-21-12-10-19(16-28)11-13-21/h7-13,15,17,24H,5-6,14H2,1-4H3,(H,31,35)(H2,29,30,34). The van der Waals surface area contributed by atoms with Crippen LogP contribution in [0, 0.1) is 11.3 Å². The van der Waals surface area contributed by atoms with Crippen LogP contribution in [0.4, 0.5) is 21.0 Å². The fourth-order valence-corrected chi connectivity index (χ4v) is 3.88. The molecular weight excluding hydrogens is 458 g/mol. The number of hydrogen-bond acceptors (Lipinski definition) is 5. The number of carbonyl (C=O) groups excluding carboxylic acids is 3. The van der Waals surface area contributed by atoms with Crippen LogP contribution < -0.4 is 16.0 Å². The first kappa shape index (κ1) is 26.3. The summed E-state index contributed by atoms with van der Waals surface area (Å²) < 4.78 is 5.50. The molecule has 0 saturated carbocycles. The van der Waals surface area contributed by atoms with Crippen LogP contribution in [0.1, 0.15) is 57.7 Å². The van der Waals surface area contributed by atoms with E-state index in [0.717, 1.165) is 12.8 Å². The van der Waals surface area contributed by atoms with E-state index in [9.17, 15) is 14.4 Å². The molecule has 0 radical (unpaired) electrons. The number of hydrogen-bond donors (Lipinski definition) is 3. The number of nitrogens with one attached hydrogen (secondary N) is 3. The number of anilines is 2. The zero-order valence-electron chi connectivity index (χ0n) is 20.9. The van der Waals surface area contributed by atoms with Gasteiger partial charge in [-0.3, -0.25) is 4.90 Å². The fraction of sp³-hybridized carbons (Fsp3) is 0.333. The van der Waals surface area contributed by atoms with E-state index in [0.29, 0.717) is 40.3 Å². The molecule has 1 aliphatic rings. The van der Waals surface area contributed by atoms with E-state index in [1.165, 1.54) is 0 Å². The van der Waals surface area contributed by atoms with Crippen LogP contribution in [0.3, 0.4) is 0 Å². The van der Waals surface area contributed by atoms with Gasteiger partial charge in [0.05, 0.1) is 29.4 Å². The first-order chi connectivity index (χ1) is 17.2. The molecule has 36 heavy (non-hydrogen) atoms. The van der Waals surface area contributed by atoms with E-state index in [1.807, 2.05) is 13.0 Å². The number of allylic oxidation sites excluding steroid dienone is 1. The molecule has 1 unspecified atom stereocenters. The molecule has 9 heteroatoms. The molecule has 1 aliphatic heterocycles. The van der Waals surface area contributed by atoms with Crippen molar-refractivity contribution in [3.8, 4) is 6.07 Å². The molecule has 0 bridgehead atoms. The number of esters is 1. The molecule has 0 spiro atoms. The summed E-state index contributed by atoms with van der Waals surface area (Å²) in [6.07, 6.45) is 1.39. The first-order valence-electron chi connectivity index (χ1n) is 11.9. The number of nitriles is 1. The summed E-state index contributed by atoms with van der Waals surface area (Å²) in [5.41, 5.74) is 3.05. The molecule has 4 amide bonds. The van der Waals surface area contributed by atoms with E-state index >= 15 is 0 Å². The predicted octanol–water partition coefficient (Wildman–Crippen LogP) is 5.29. The van der Waals surface area contributed by atoms with Crippen LogP contribution in [0.5, 0.6) is 0 Å². The van der Waals surface area contributed by atoms with E-state index in [4.69, 9.17) is 10.00 Å². The number of ether oxygens (including phenoxy) is 1. The third-order valence-corrected chi connectivity index (χ3v) is 5.64. The normalized spacial score (nSPS) is 15.3. The second-order valence-electron chi connectivity index (χ2n) is 8.73. The molecule has 3 N–H and O–H groups in total. The highest BCUT2D eigenvalue weighted by Gasteiger charge is 2.36. The molecule has 3 rings (SSSR count). The number of benzene rings is 2. The maximum atomic E-state index is 13.1. The lowest BCUT2D eigenvalue weighted by atomic mass is 9.94. The van der Waals surface area contributed by atoms with Crippen LogP contribution in [0.25, 0.3) is 0 Å². The smallest absolute Gasteiger partial charge is 0.338 e. The highest BCUT2D eigenvalue weighted by molar-refractivity contribution is 6.00. The summed E-state index contributed by atoms with van der Waals surface area (Å²) in [6.45, 7) is 7.84. The molecule has 0 aliphatic carbocycles. The second kappa shape index (κ2) is 11.9. The fourth-order valence-electron chi connectivity index (χ4n) is 3.88. The molecule has 1 atom stereocenters. The molecule has 2 aromatic rings. The number of urea groups is 2. The van der Waals surface area contributed by atoms with Gasteiger partial charge in [-0.2, -0.15) is 5.26 Å². The van der Waals surface area contributed by atoms with Crippen molar-refractivity contribution in [2.45, 2.75) is 52.7 Å². The Kier molecular flexibility index (Phi) is 8.68. The van der Waals surface area contributed by atoms with E-state index in [2.05, 4.69) is 16.0 Å². The lowest BCUT2D eigenvalue weighted by Gasteiger charge is -2.35. The van der Waals surface area contributed by atoms with Crippen molar-refractivity contribution in [1.29, 1.82) is 5.26 Å². The van der Waals surface area contributed by atoms with Gasteiger partial charge in [-0.1, -0.05) is 25.5 Å². The second-order valence-corrected chi connectivity index (χ2v) is 8.73. The molecule has 2 aromatic carbocycles. The van der Waals surface area contributed by atoms with Crippen LogP contribution in [-0.4, -0.2) is 35.6 Å². The zero-order valence-corrected chi connectivity index (χ0v) is 20.9. The summed E-state index contributed by atoms with van der Waals surface area (Å²) >= 11 is 0. The van der Waals surface area contributed by atoms with Crippen molar-refractivity contribution in [1.82, 2.24) is 10.2 Å². The van der Waals surface area contributed by atoms with Crippen molar-refractivity contribution in [2.75, 3.05) is 17.2 Å². The summed E-state index contributed by atoms with van der Waals surface area (Å²) in [6, 6.07) is 14.0. The van der Waals surface area contributed by atoms with Gasteiger partial charge >= 0.3 is 18.0 Å². The third-order valence-electron chi connectivity index (χ3n) is 5.64. The summed E-state index contributed by atoms with van der Waals surface area (Å²) in [7, 11) is 0. The van der Waals surface area contributed by atoms with Crippen LogP contribution in [0.2, 0.25) is 0 Å². The van der Waals surface area contributed by atoms with Crippen LogP contribution in [-0.2, 0) is 9.53 Å². The summed E-state index contributed by atoms with van der Waals surface area (Å²) in [5, 5.41) is 17.3. The van der Waals surface area contributed by atoms with Gasteiger partial charge in [-0.05, 0) is 69.2 Å². The molecule has 9 nitrogen and oxygen atoms in total. The molecule has 0 aromatic heterocycles. The summed E-state index contributed by atoms with van der Waals surface area (Å²) in [4.78, 5) is 40.1. The maximum absolute atomic E-state index is 13.1. The average molecular weight is 490 g/mol. The Labute approximate surface area is 211 Å². The Morgan fingerprint density at radius 2 is 1.83 bits per heavy atom. The highest BCUT2D eigenvalue weighted by Crippen LogP contribution is 2.33. The number of carbonyl (C=O) groups is 3. The van der Waals surface area contributed by atoms with E-state index in [-0.39, 0.29) is 12.1 Å². The number of unbranched alkanes of at least 4 members (excludes halogenated alkanes) is 1. The topological polar surface area (TPSA) is 124 Å². The van der Waals surface area contributed by atoms with Crippen molar-refractivity contribution in [3.05, 3.63) is 70.9 Å². The number of rotatable bonds is 8. The van der Waals surface area contributed by atoms with Gasteiger partial charge in [-0.25, -0.2) is 14.4 Å². The molecular formula is C27H31N5O4. The molecule has 188 valence electrons.